The van der Waals surface area contributed by atoms with Crippen molar-refractivity contribution in [2.75, 3.05) is 41.0 Å². The summed E-state index contributed by atoms with van der Waals surface area (Å²) in [7, 11) is 5.37. The molecule has 0 fully saturated rings. The maximum atomic E-state index is 12.5. The average Bonchev–Trinajstić information content (AvgIpc) is 2.87. The summed E-state index contributed by atoms with van der Waals surface area (Å²) >= 11 is 0. The molecule has 0 spiro atoms. The number of carboxylic acid groups (broad SMARTS) is 1. The van der Waals surface area contributed by atoms with E-state index >= 15 is 0 Å². The molecule has 0 rings (SSSR count). The molecule has 0 saturated carbocycles. The van der Waals surface area contributed by atoms with Crippen LogP contribution >= 0.6 is 0 Å². The quantitative estimate of drug-likeness (QED) is 0.0763. The van der Waals surface area contributed by atoms with Gasteiger partial charge >= 0.3 is 11.9 Å². The standard InChI is InChI=1S/C31H59NO7/c1-6-8-10-12-13-14-15-16-17-18-20-22-30(34)39-27(26-38-29(33)21-19-11-9-7-2)25-37-24-23-28(31(35)36)32(3,4)5/h27-28H,6-26H2,1-5H3. The highest BCUT2D eigenvalue weighted by atomic mass is 16.6. The van der Waals surface area contributed by atoms with Crippen molar-refractivity contribution < 1.29 is 38.2 Å². The first-order valence-corrected chi connectivity index (χ1v) is 15.6. The van der Waals surface area contributed by atoms with Gasteiger partial charge in [0.2, 0.25) is 0 Å². The van der Waals surface area contributed by atoms with Gasteiger partial charge in [-0.25, -0.2) is 0 Å². The Hall–Kier alpha value is -1.67. The van der Waals surface area contributed by atoms with Gasteiger partial charge in [0, 0.05) is 19.3 Å². The van der Waals surface area contributed by atoms with Gasteiger partial charge in [-0.05, 0) is 12.8 Å². The Morgan fingerprint density at radius 3 is 1.62 bits per heavy atom. The van der Waals surface area contributed by atoms with E-state index in [1.54, 1.807) is 21.1 Å². The van der Waals surface area contributed by atoms with Crippen LogP contribution in [0.25, 0.3) is 0 Å². The van der Waals surface area contributed by atoms with Gasteiger partial charge in [0.15, 0.2) is 6.10 Å². The van der Waals surface area contributed by atoms with Gasteiger partial charge in [0.25, 0.3) is 0 Å². The van der Waals surface area contributed by atoms with Crippen LogP contribution in [0.5, 0.6) is 0 Å². The SMILES string of the molecule is CCCCCCCCCCCCCC(=O)OC(COCCC(C(=O)[O-])[N+](C)(C)C)COC(=O)CCCCCC. The lowest BCUT2D eigenvalue weighted by Crippen LogP contribution is -2.55. The predicted octanol–water partition coefficient (Wildman–Crippen LogP) is 5.34. The fourth-order valence-corrected chi connectivity index (χ4v) is 4.48. The summed E-state index contributed by atoms with van der Waals surface area (Å²) in [4.78, 5) is 36.0. The minimum atomic E-state index is -1.13. The highest BCUT2D eigenvalue weighted by Crippen LogP contribution is 2.13. The second-order valence-electron chi connectivity index (χ2n) is 11.7. The molecule has 0 aliphatic rings. The third-order valence-electron chi connectivity index (χ3n) is 6.99. The van der Waals surface area contributed by atoms with Gasteiger partial charge in [-0.15, -0.1) is 0 Å². The van der Waals surface area contributed by atoms with E-state index in [4.69, 9.17) is 14.2 Å². The van der Waals surface area contributed by atoms with Crippen molar-refractivity contribution in [1.82, 2.24) is 0 Å². The molecule has 0 aromatic carbocycles. The zero-order chi connectivity index (χ0) is 29.4. The van der Waals surface area contributed by atoms with Gasteiger partial charge in [0.1, 0.15) is 12.6 Å². The second kappa shape index (κ2) is 24.2. The number of carboxylic acids is 1. The van der Waals surface area contributed by atoms with E-state index in [0.717, 1.165) is 44.9 Å². The third-order valence-corrected chi connectivity index (χ3v) is 6.99. The number of unbranched alkanes of at least 4 members (excludes halogenated alkanes) is 13. The first-order valence-electron chi connectivity index (χ1n) is 15.6. The summed E-state index contributed by atoms with van der Waals surface area (Å²) in [5.41, 5.74) is 0. The molecule has 0 aromatic rings. The highest BCUT2D eigenvalue weighted by molar-refractivity contribution is 5.70. The number of hydrogen-bond donors (Lipinski definition) is 0. The largest absolute Gasteiger partial charge is 0.544 e. The van der Waals surface area contributed by atoms with Crippen molar-refractivity contribution >= 4 is 17.9 Å². The maximum Gasteiger partial charge on any atom is 0.306 e. The molecule has 0 bridgehead atoms. The van der Waals surface area contributed by atoms with Crippen LogP contribution < -0.4 is 5.11 Å². The number of carbonyl (C=O) groups excluding carboxylic acids is 3. The Labute approximate surface area is 238 Å². The first-order chi connectivity index (χ1) is 18.6. The molecular formula is C31H59NO7. The Morgan fingerprint density at radius 1 is 0.667 bits per heavy atom. The molecule has 0 aliphatic carbocycles. The van der Waals surface area contributed by atoms with Gasteiger partial charge in [-0.1, -0.05) is 97.3 Å². The summed E-state index contributed by atoms with van der Waals surface area (Å²) in [5, 5.41) is 11.5. The predicted molar refractivity (Wildman–Crippen MR) is 153 cm³/mol. The summed E-state index contributed by atoms with van der Waals surface area (Å²) in [6.07, 6.45) is 17.4. The van der Waals surface area contributed by atoms with Crippen molar-refractivity contribution in [3.63, 3.8) is 0 Å². The molecule has 0 radical (unpaired) electrons. The number of nitrogens with zero attached hydrogens (tertiary/aromatic N) is 1. The van der Waals surface area contributed by atoms with Crippen molar-refractivity contribution in [3.8, 4) is 0 Å². The average molecular weight is 558 g/mol. The zero-order valence-electron chi connectivity index (χ0n) is 25.8. The van der Waals surface area contributed by atoms with E-state index in [0.29, 0.717) is 12.8 Å². The Morgan fingerprint density at radius 2 is 1.13 bits per heavy atom. The molecule has 8 heteroatoms. The van der Waals surface area contributed by atoms with Crippen LogP contribution in [-0.4, -0.2) is 75.5 Å². The van der Waals surface area contributed by atoms with E-state index in [1.165, 1.54) is 51.4 Å². The molecule has 8 nitrogen and oxygen atoms in total. The minimum Gasteiger partial charge on any atom is -0.544 e. The topological polar surface area (TPSA) is 102 Å². The smallest absolute Gasteiger partial charge is 0.306 e. The Kier molecular flexibility index (Phi) is 23.1. The monoisotopic (exact) mass is 557 g/mol. The van der Waals surface area contributed by atoms with Crippen molar-refractivity contribution in [2.24, 2.45) is 0 Å². The minimum absolute atomic E-state index is 0.0457. The zero-order valence-corrected chi connectivity index (χ0v) is 25.8. The normalized spacial score (nSPS) is 13.2. The van der Waals surface area contributed by atoms with Crippen molar-refractivity contribution in [1.29, 1.82) is 0 Å². The van der Waals surface area contributed by atoms with Gasteiger partial charge < -0.3 is 28.6 Å². The van der Waals surface area contributed by atoms with Gasteiger partial charge in [-0.3, -0.25) is 9.59 Å². The molecule has 0 heterocycles. The van der Waals surface area contributed by atoms with Crippen LogP contribution in [0.3, 0.4) is 0 Å². The van der Waals surface area contributed by atoms with E-state index in [1.807, 2.05) is 0 Å². The van der Waals surface area contributed by atoms with E-state index in [9.17, 15) is 19.5 Å². The molecule has 230 valence electrons. The summed E-state index contributed by atoms with van der Waals surface area (Å²) in [5.74, 6) is -1.75. The summed E-state index contributed by atoms with van der Waals surface area (Å²) < 4.78 is 16.8. The van der Waals surface area contributed by atoms with Crippen LogP contribution in [0.2, 0.25) is 0 Å². The molecule has 39 heavy (non-hydrogen) atoms. The van der Waals surface area contributed by atoms with E-state index in [2.05, 4.69) is 13.8 Å². The lowest BCUT2D eigenvalue weighted by Gasteiger charge is -2.34. The van der Waals surface area contributed by atoms with Crippen molar-refractivity contribution in [3.05, 3.63) is 0 Å². The number of esters is 2. The number of ether oxygens (including phenoxy) is 3. The second-order valence-corrected chi connectivity index (χ2v) is 11.7. The number of quaternary nitrogens is 1. The molecule has 0 aromatic heterocycles. The van der Waals surface area contributed by atoms with Crippen LogP contribution in [0.4, 0.5) is 0 Å². The van der Waals surface area contributed by atoms with Crippen LogP contribution in [0.15, 0.2) is 0 Å². The summed E-state index contributed by atoms with van der Waals surface area (Å²) in [6.45, 7) is 4.51. The molecule has 2 atom stereocenters. The Balaban J connectivity index is 4.42. The molecule has 0 saturated heterocycles. The summed E-state index contributed by atoms with van der Waals surface area (Å²) in [6, 6.07) is -0.715. The van der Waals surface area contributed by atoms with Gasteiger partial charge in [-0.2, -0.15) is 0 Å². The maximum absolute atomic E-state index is 12.5. The number of rotatable bonds is 27. The lowest BCUT2D eigenvalue weighted by atomic mass is 10.1. The van der Waals surface area contributed by atoms with Crippen molar-refractivity contribution in [2.45, 2.75) is 142 Å². The van der Waals surface area contributed by atoms with Crippen LogP contribution in [0, 0.1) is 0 Å². The van der Waals surface area contributed by atoms with Crippen LogP contribution in [-0.2, 0) is 28.6 Å². The lowest BCUT2D eigenvalue weighted by molar-refractivity contribution is -0.889. The van der Waals surface area contributed by atoms with E-state index < -0.39 is 18.1 Å². The molecule has 0 amide bonds. The number of hydrogen-bond acceptors (Lipinski definition) is 7. The molecule has 0 N–H and O–H groups in total. The number of likely N-dealkylation sites (N-methyl/N-ethyl adjacent to an activating group) is 1. The molecular weight excluding hydrogens is 498 g/mol. The molecule has 0 aliphatic heterocycles. The number of carbonyl (C=O) groups is 3. The van der Waals surface area contributed by atoms with E-state index in [-0.39, 0.29) is 42.7 Å². The highest BCUT2D eigenvalue weighted by Gasteiger charge is 2.25. The molecule has 2 unspecified atom stereocenters. The fourth-order valence-electron chi connectivity index (χ4n) is 4.48. The first kappa shape index (κ1) is 37.3. The number of aliphatic carboxylic acids is 1. The van der Waals surface area contributed by atoms with Gasteiger partial charge in [0.05, 0.1) is 40.3 Å². The Bertz CT molecular complexity index is 633. The van der Waals surface area contributed by atoms with Crippen LogP contribution in [0.1, 0.15) is 129 Å². The fraction of sp³-hybridized carbons (Fsp3) is 0.903. The third kappa shape index (κ3) is 22.8.